The topological polar surface area (TPSA) is 41.5 Å². The van der Waals surface area contributed by atoms with Gasteiger partial charge in [-0.25, -0.2) is 0 Å². The maximum absolute atomic E-state index is 12.8. The van der Waals surface area contributed by atoms with E-state index in [4.69, 9.17) is 4.74 Å². The number of aliphatic hydroxyl groups is 1. The minimum Gasteiger partial charge on any atom is -0.496 e. The molecule has 1 aromatic carbocycles. The smallest absolute Gasteiger partial charge is 0.406 e. The summed E-state index contributed by atoms with van der Waals surface area (Å²) in [6.07, 6.45) is -5.18. The maximum atomic E-state index is 12.8. The van der Waals surface area contributed by atoms with Gasteiger partial charge in [-0.2, -0.15) is 13.2 Å². The van der Waals surface area contributed by atoms with Crippen molar-refractivity contribution in [1.29, 1.82) is 0 Å². The van der Waals surface area contributed by atoms with Crippen LogP contribution < -0.4 is 10.1 Å². The normalized spacial score (nSPS) is 18.7. The first-order valence-electron chi connectivity index (χ1n) is 6.43. The van der Waals surface area contributed by atoms with Gasteiger partial charge < -0.3 is 15.2 Å². The van der Waals surface area contributed by atoms with E-state index in [2.05, 4.69) is 5.32 Å². The van der Waals surface area contributed by atoms with Crippen molar-refractivity contribution in [2.45, 2.75) is 37.6 Å². The molecule has 1 atom stereocenters. The molecular weight excluding hydrogens is 271 g/mol. The summed E-state index contributed by atoms with van der Waals surface area (Å²) in [6.45, 7) is 1.69. The Hall–Kier alpha value is -1.27. The van der Waals surface area contributed by atoms with Crippen LogP contribution in [0.3, 0.4) is 0 Å². The van der Waals surface area contributed by atoms with Crippen LogP contribution in [0.5, 0.6) is 5.75 Å². The molecule has 112 valence electrons. The van der Waals surface area contributed by atoms with Gasteiger partial charge in [0.25, 0.3) is 0 Å². The van der Waals surface area contributed by atoms with E-state index in [1.165, 1.54) is 7.11 Å². The Morgan fingerprint density at radius 2 is 2.05 bits per heavy atom. The highest BCUT2D eigenvalue weighted by Crippen LogP contribution is 2.49. The van der Waals surface area contributed by atoms with Gasteiger partial charge in [-0.15, -0.1) is 0 Å². The number of halogens is 3. The second-order valence-electron chi connectivity index (χ2n) is 5.22. The van der Waals surface area contributed by atoms with Crippen LogP contribution in [0, 0.1) is 6.92 Å². The molecule has 1 saturated carbocycles. The number of benzene rings is 1. The first-order chi connectivity index (χ1) is 9.29. The molecule has 0 bridgehead atoms. The summed E-state index contributed by atoms with van der Waals surface area (Å²) in [6, 6.07) is 5.24. The molecule has 3 nitrogen and oxygen atoms in total. The summed E-state index contributed by atoms with van der Waals surface area (Å²) < 4.78 is 43.5. The largest absolute Gasteiger partial charge is 0.496 e. The van der Waals surface area contributed by atoms with E-state index in [1.54, 1.807) is 12.1 Å². The average Bonchev–Trinajstić information content (AvgIpc) is 3.16. The Morgan fingerprint density at radius 3 is 2.55 bits per heavy atom. The number of alkyl halides is 3. The van der Waals surface area contributed by atoms with Crippen LogP contribution in [-0.2, 0) is 0 Å². The predicted octanol–water partition coefficient (Wildman–Crippen LogP) is 2.72. The molecule has 0 saturated heterocycles. The molecule has 0 radical (unpaired) electrons. The van der Waals surface area contributed by atoms with Crippen molar-refractivity contribution in [3.8, 4) is 5.75 Å². The van der Waals surface area contributed by atoms with Crippen LogP contribution in [-0.4, -0.2) is 30.5 Å². The summed E-state index contributed by atoms with van der Waals surface area (Å²) >= 11 is 0. The lowest BCUT2D eigenvalue weighted by Gasteiger charge is -2.23. The molecule has 2 N–H and O–H groups in total. The van der Waals surface area contributed by atoms with Gasteiger partial charge >= 0.3 is 6.18 Å². The molecule has 1 aliphatic carbocycles. The Labute approximate surface area is 115 Å². The van der Waals surface area contributed by atoms with Crippen LogP contribution in [0.25, 0.3) is 0 Å². The van der Waals surface area contributed by atoms with Crippen molar-refractivity contribution in [2.75, 3.05) is 13.7 Å². The summed E-state index contributed by atoms with van der Waals surface area (Å²) in [5, 5.41) is 12.6. The summed E-state index contributed by atoms with van der Waals surface area (Å²) in [5.74, 6) is 0.474. The Kier molecular flexibility index (Phi) is 3.97. The zero-order valence-corrected chi connectivity index (χ0v) is 11.4. The molecule has 0 aromatic heterocycles. The van der Waals surface area contributed by atoms with Gasteiger partial charge in [0.15, 0.2) is 0 Å². The molecule has 2 rings (SSSR count). The minimum absolute atomic E-state index is 0.0637. The third-order valence-corrected chi connectivity index (χ3v) is 3.67. The highest BCUT2D eigenvalue weighted by molar-refractivity contribution is 5.38. The SMILES string of the molecule is COc1ccc(C)cc1C(O)CNC1(C(F)(F)F)CC1. The van der Waals surface area contributed by atoms with Crippen molar-refractivity contribution >= 4 is 0 Å². The van der Waals surface area contributed by atoms with Gasteiger partial charge in [0.1, 0.15) is 11.3 Å². The monoisotopic (exact) mass is 289 g/mol. The molecule has 1 aliphatic rings. The van der Waals surface area contributed by atoms with Crippen LogP contribution in [0.1, 0.15) is 30.1 Å². The van der Waals surface area contributed by atoms with E-state index in [0.29, 0.717) is 11.3 Å². The molecule has 0 heterocycles. The predicted molar refractivity (Wildman–Crippen MR) is 68.7 cm³/mol. The zero-order valence-electron chi connectivity index (χ0n) is 11.4. The quantitative estimate of drug-likeness (QED) is 0.875. The molecule has 0 aliphatic heterocycles. The van der Waals surface area contributed by atoms with Crippen LogP contribution in [0.4, 0.5) is 13.2 Å². The van der Waals surface area contributed by atoms with Crippen molar-refractivity contribution in [3.63, 3.8) is 0 Å². The maximum Gasteiger partial charge on any atom is 0.406 e. The van der Waals surface area contributed by atoms with Crippen LogP contribution in [0.15, 0.2) is 18.2 Å². The number of aliphatic hydroxyl groups excluding tert-OH is 1. The highest BCUT2D eigenvalue weighted by atomic mass is 19.4. The van der Waals surface area contributed by atoms with Gasteiger partial charge in [0.05, 0.1) is 13.2 Å². The number of hydrogen-bond donors (Lipinski definition) is 2. The van der Waals surface area contributed by atoms with Gasteiger partial charge in [-0.05, 0) is 31.9 Å². The molecule has 0 amide bonds. The fourth-order valence-electron chi connectivity index (χ4n) is 2.20. The van der Waals surface area contributed by atoms with E-state index >= 15 is 0 Å². The number of β-amino-alcohol motifs (C(OH)–C–C–N with tert-alkyl or cyclic N) is 1. The average molecular weight is 289 g/mol. The van der Waals surface area contributed by atoms with E-state index in [-0.39, 0.29) is 19.4 Å². The fourth-order valence-corrected chi connectivity index (χ4v) is 2.20. The number of hydrogen-bond acceptors (Lipinski definition) is 3. The fraction of sp³-hybridized carbons (Fsp3) is 0.571. The highest BCUT2D eigenvalue weighted by Gasteiger charge is 2.63. The zero-order chi connectivity index (χ0) is 15.0. The summed E-state index contributed by atoms with van der Waals surface area (Å²) in [7, 11) is 1.46. The van der Waals surface area contributed by atoms with Gasteiger partial charge in [-0.3, -0.25) is 0 Å². The number of rotatable bonds is 5. The Balaban J connectivity index is 2.06. The second-order valence-corrected chi connectivity index (χ2v) is 5.22. The summed E-state index contributed by atoms with van der Waals surface area (Å²) in [4.78, 5) is 0. The van der Waals surface area contributed by atoms with Crippen molar-refractivity contribution in [1.82, 2.24) is 5.32 Å². The van der Waals surface area contributed by atoms with Crippen molar-refractivity contribution in [3.05, 3.63) is 29.3 Å². The molecule has 1 aromatic rings. The third-order valence-electron chi connectivity index (χ3n) is 3.67. The first-order valence-corrected chi connectivity index (χ1v) is 6.43. The Morgan fingerprint density at radius 1 is 1.40 bits per heavy atom. The van der Waals surface area contributed by atoms with E-state index < -0.39 is 17.8 Å². The standard InChI is InChI=1S/C14H18F3NO2/c1-9-3-4-12(20-2)10(7-9)11(19)8-18-13(5-6-13)14(15,16)17/h3-4,7,11,18-19H,5-6,8H2,1-2H3. The van der Waals surface area contributed by atoms with E-state index in [0.717, 1.165) is 5.56 Å². The van der Waals surface area contributed by atoms with Crippen molar-refractivity contribution in [2.24, 2.45) is 0 Å². The summed E-state index contributed by atoms with van der Waals surface area (Å²) in [5.41, 5.74) is -0.403. The van der Waals surface area contributed by atoms with E-state index in [9.17, 15) is 18.3 Å². The number of nitrogens with one attached hydrogen (secondary N) is 1. The van der Waals surface area contributed by atoms with Crippen LogP contribution in [0.2, 0.25) is 0 Å². The third kappa shape index (κ3) is 2.91. The van der Waals surface area contributed by atoms with Crippen LogP contribution >= 0.6 is 0 Å². The van der Waals surface area contributed by atoms with E-state index in [1.807, 2.05) is 13.0 Å². The second kappa shape index (κ2) is 5.26. The molecule has 20 heavy (non-hydrogen) atoms. The van der Waals surface area contributed by atoms with Crippen molar-refractivity contribution < 1.29 is 23.0 Å². The lowest BCUT2D eigenvalue weighted by Crippen LogP contribution is -2.46. The van der Waals surface area contributed by atoms with Gasteiger partial charge in [0.2, 0.25) is 0 Å². The van der Waals surface area contributed by atoms with Gasteiger partial charge in [-0.1, -0.05) is 11.6 Å². The first kappa shape index (κ1) is 15.1. The molecule has 6 heteroatoms. The number of aryl methyl sites for hydroxylation is 1. The number of ether oxygens (including phenoxy) is 1. The van der Waals surface area contributed by atoms with Gasteiger partial charge in [0, 0.05) is 12.1 Å². The minimum atomic E-state index is -4.27. The lowest BCUT2D eigenvalue weighted by molar-refractivity contribution is -0.166. The Bertz CT molecular complexity index is 484. The number of methoxy groups -OCH3 is 1. The lowest BCUT2D eigenvalue weighted by atomic mass is 10.0. The molecule has 0 spiro atoms. The molecule has 1 fully saturated rings. The molecule has 1 unspecified atom stereocenters. The molecular formula is C14H18F3NO2.